The molecule has 0 aliphatic carbocycles. The maximum Gasteiger partial charge on any atom is 0.306 e. The third-order valence-corrected chi connectivity index (χ3v) is 10.7. The van der Waals surface area contributed by atoms with Crippen molar-refractivity contribution in [3.8, 4) is 0 Å². The van der Waals surface area contributed by atoms with Crippen LogP contribution >= 0.6 is 0 Å². The van der Waals surface area contributed by atoms with Crippen LogP contribution in [0, 0.1) is 0 Å². The molecule has 6 heteroatoms. The van der Waals surface area contributed by atoms with E-state index < -0.39 is 18.2 Å². The van der Waals surface area contributed by atoms with Crippen LogP contribution in [0.2, 0.25) is 0 Å². The molecule has 62 heavy (non-hydrogen) atoms. The molecule has 0 saturated carbocycles. The predicted octanol–water partition coefficient (Wildman–Crippen LogP) is 15.1. The topological polar surface area (TPSA) is 95.9 Å². The number of esters is 1. The Balaban J connectivity index is 4.79. The second kappa shape index (κ2) is 48.6. The van der Waals surface area contributed by atoms with Gasteiger partial charge in [-0.2, -0.15) is 0 Å². The average Bonchev–Trinajstić information content (AvgIpc) is 3.26. The van der Waals surface area contributed by atoms with Gasteiger partial charge in [-0.25, -0.2) is 0 Å². The molecule has 1 amide bonds. The number of aliphatic hydroxyl groups is 2. The van der Waals surface area contributed by atoms with Crippen molar-refractivity contribution in [3.05, 3.63) is 109 Å². The van der Waals surface area contributed by atoms with Crippen LogP contribution in [0.4, 0.5) is 0 Å². The minimum absolute atomic E-state index is 0.000246. The molecule has 0 aromatic rings. The average molecular weight is 860 g/mol. The molecule has 0 radical (unpaired) electrons. The fraction of sp³-hybridized carbons (Fsp3) is 0.643. The number of allylic oxidation sites excluding steroid dienone is 18. The first-order valence-corrected chi connectivity index (χ1v) is 25.2. The molecule has 3 unspecified atom stereocenters. The Morgan fingerprint density at radius 1 is 0.500 bits per heavy atom. The molecular weight excluding hydrogens is 767 g/mol. The number of carbonyl (C=O) groups excluding carboxylic acids is 2. The van der Waals surface area contributed by atoms with Crippen LogP contribution in [-0.2, 0) is 14.3 Å². The lowest BCUT2D eigenvalue weighted by Crippen LogP contribution is -2.46. The summed E-state index contributed by atoms with van der Waals surface area (Å²) in [5, 5.41) is 23.7. The molecule has 0 heterocycles. The van der Waals surface area contributed by atoms with Gasteiger partial charge in [0.25, 0.3) is 0 Å². The smallest absolute Gasteiger partial charge is 0.306 e. The van der Waals surface area contributed by atoms with Crippen molar-refractivity contribution >= 4 is 11.9 Å². The minimum Gasteiger partial charge on any atom is -0.462 e. The number of hydrogen-bond donors (Lipinski definition) is 3. The maximum absolute atomic E-state index is 13.2. The number of nitrogens with one attached hydrogen (secondary N) is 1. The van der Waals surface area contributed by atoms with Crippen molar-refractivity contribution in [2.24, 2.45) is 0 Å². The van der Waals surface area contributed by atoms with E-state index in [1.807, 2.05) is 48.6 Å². The molecule has 0 saturated heterocycles. The van der Waals surface area contributed by atoms with Crippen LogP contribution in [0.5, 0.6) is 0 Å². The molecule has 0 fully saturated rings. The molecule has 0 aliphatic rings. The quantitative estimate of drug-likeness (QED) is 0.0246. The first-order valence-electron chi connectivity index (χ1n) is 25.2. The second-order valence-corrected chi connectivity index (χ2v) is 16.6. The fourth-order valence-electron chi connectivity index (χ4n) is 6.92. The fourth-order valence-corrected chi connectivity index (χ4v) is 6.92. The zero-order chi connectivity index (χ0) is 45.2. The first-order chi connectivity index (χ1) is 30.5. The van der Waals surface area contributed by atoms with E-state index in [0.717, 1.165) is 64.2 Å². The van der Waals surface area contributed by atoms with Gasteiger partial charge in [-0.1, -0.05) is 226 Å². The van der Waals surface area contributed by atoms with E-state index in [-0.39, 0.29) is 31.3 Å². The van der Waals surface area contributed by atoms with Crippen molar-refractivity contribution in [2.45, 2.75) is 225 Å². The Hall–Kier alpha value is -3.48. The lowest BCUT2D eigenvalue weighted by molar-refractivity contribution is -0.151. The molecule has 6 nitrogen and oxygen atoms in total. The van der Waals surface area contributed by atoms with Gasteiger partial charge < -0.3 is 20.3 Å². The number of hydrogen-bond acceptors (Lipinski definition) is 5. The number of unbranched alkanes of at least 4 members (excludes halogenated alkanes) is 17. The highest BCUT2D eigenvalue weighted by atomic mass is 16.5. The van der Waals surface area contributed by atoms with Gasteiger partial charge >= 0.3 is 5.97 Å². The molecule has 3 N–H and O–H groups in total. The van der Waals surface area contributed by atoms with E-state index in [9.17, 15) is 19.8 Å². The Labute approximate surface area is 381 Å². The maximum atomic E-state index is 13.2. The molecule has 0 aromatic heterocycles. The van der Waals surface area contributed by atoms with Gasteiger partial charge in [-0.15, -0.1) is 0 Å². The zero-order valence-electron chi connectivity index (χ0n) is 40.0. The Kier molecular flexibility index (Phi) is 45.8. The summed E-state index contributed by atoms with van der Waals surface area (Å²) in [5.41, 5.74) is 0. The lowest BCUT2D eigenvalue weighted by Gasteiger charge is -2.24. The summed E-state index contributed by atoms with van der Waals surface area (Å²) in [6.07, 6.45) is 65.8. The van der Waals surface area contributed by atoms with E-state index in [2.05, 4.69) is 86.8 Å². The van der Waals surface area contributed by atoms with Gasteiger partial charge in [-0.05, 0) is 77.0 Å². The van der Waals surface area contributed by atoms with E-state index in [1.54, 1.807) is 0 Å². The van der Waals surface area contributed by atoms with Gasteiger partial charge in [0.05, 0.1) is 25.2 Å². The number of aliphatic hydroxyl groups excluding tert-OH is 2. The molecule has 352 valence electrons. The van der Waals surface area contributed by atoms with Crippen molar-refractivity contribution in [1.29, 1.82) is 0 Å². The third kappa shape index (κ3) is 43.2. The van der Waals surface area contributed by atoms with E-state index in [4.69, 9.17) is 4.74 Å². The molecule has 3 atom stereocenters. The largest absolute Gasteiger partial charge is 0.462 e. The monoisotopic (exact) mass is 860 g/mol. The highest BCUT2D eigenvalue weighted by Gasteiger charge is 2.24. The lowest BCUT2D eigenvalue weighted by atomic mass is 10.0. The zero-order valence-corrected chi connectivity index (χ0v) is 40.0. The molecular formula is C56H93NO5. The van der Waals surface area contributed by atoms with Crippen LogP contribution in [-0.4, -0.2) is 46.9 Å². The molecule has 0 spiro atoms. The number of carbonyl (C=O) groups is 2. The number of amides is 1. The van der Waals surface area contributed by atoms with Gasteiger partial charge in [0.2, 0.25) is 5.91 Å². The third-order valence-electron chi connectivity index (χ3n) is 10.7. The number of ether oxygens (including phenoxy) is 1. The normalized spacial score (nSPS) is 14.2. The van der Waals surface area contributed by atoms with E-state index >= 15 is 0 Å². The van der Waals surface area contributed by atoms with Gasteiger partial charge in [0.1, 0.15) is 6.10 Å². The van der Waals surface area contributed by atoms with Gasteiger partial charge in [0, 0.05) is 6.42 Å². The molecule has 0 rings (SSSR count). The van der Waals surface area contributed by atoms with Crippen LogP contribution in [0.3, 0.4) is 0 Å². The molecule has 0 aliphatic heterocycles. The highest BCUT2D eigenvalue weighted by molar-refractivity contribution is 5.77. The van der Waals surface area contributed by atoms with E-state index in [1.165, 1.54) is 89.9 Å². The minimum atomic E-state index is -0.822. The van der Waals surface area contributed by atoms with Crippen molar-refractivity contribution < 1.29 is 24.5 Å². The first kappa shape index (κ1) is 58.5. The second-order valence-electron chi connectivity index (χ2n) is 16.6. The van der Waals surface area contributed by atoms with Crippen LogP contribution < -0.4 is 5.32 Å². The summed E-state index contributed by atoms with van der Waals surface area (Å²) in [7, 11) is 0. The van der Waals surface area contributed by atoms with Crippen LogP contribution in [0.15, 0.2) is 109 Å². The Morgan fingerprint density at radius 3 is 1.48 bits per heavy atom. The summed E-state index contributed by atoms with van der Waals surface area (Å²) in [4.78, 5) is 26.1. The SMILES string of the molecule is CC/C=C/C=C/C=C\C=C/C=C/CCCC(CC(=O)NC(CO)C(O)CCCCCCCCCCCCCCC)OC(=O)CCC/C=C\C/C=C\C/C=C\C/C=C\CCCCC. The summed E-state index contributed by atoms with van der Waals surface area (Å²) in [6.45, 7) is 6.26. The summed E-state index contributed by atoms with van der Waals surface area (Å²) >= 11 is 0. The highest BCUT2D eigenvalue weighted by Crippen LogP contribution is 2.16. The predicted molar refractivity (Wildman–Crippen MR) is 268 cm³/mol. The summed E-state index contributed by atoms with van der Waals surface area (Å²) in [6, 6.07) is -0.742. The Bertz CT molecular complexity index is 1280. The number of rotatable bonds is 43. The summed E-state index contributed by atoms with van der Waals surface area (Å²) in [5.74, 6) is -0.624. The van der Waals surface area contributed by atoms with Gasteiger partial charge in [-0.3, -0.25) is 9.59 Å². The summed E-state index contributed by atoms with van der Waals surface area (Å²) < 4.78 is 5.86. The van der Waals surface area contributed by atoms with Crippen LogP contribution in [0.25, 0.3) is 0 Å². The standard InChI is InChI=1S/C56H93NO5/c1-4-7-10-13-16-19-22-25-26-27-28-31-34-37-40-43-46-49-56(61)62-52(47-44-41-38-35-32-29-23-20-17-14-11-8-5-2)50-55(60)57-53(51-58)54(59)48-45-42-39-36-33-30-24-21-18-15-12-9-6-3/h8,11,14,16-17,19-20,23,25-26,28-29,31-32,35,37-38,40,52-54,58-59H,4-7,9-10,12-13,15,18,21-22,24,27,30,33-34,36,39,41-51H2,1-3H3,(H,57,60)/b11-8+,17-14+,19-16-,23-20-,26-25-,31-28-,32-29-,38-35+,40-37-. The van der Waals surface area contributed by atoms with Crippen molar-refractivity contribution in [3.63, 3.8) is 0 Å². The van der Waals surface area contributed by atoms with E-state index in [0.29, 0.717) is 19.3 Å². The van der Waals surface area contributed by atoms with Crippen molar-refractivity contribution in [1.82, 2.24) is 5.32 Å². The van der Waals surface area contributed by atoms with Crippen molar-refractivity contribution in [2.75, 3.05) is 6.61 Å². The van der Waals surface area contributed by atoms with Crippen LogP contribution in [0.1, 0.15) is 207 Å². The molecule has 0 aromatic carbocycles. The van der Waals surface area contributed by atoms with Gasteiger partial charge in [0.15, 0.2) is 0 Å². The molecule has 0 bridgehead atoms. The Morgan fingerprint density at radius 2 is 0.952 bits per heavy atom.